The van der Waals surface area contributed by atoms with Gasteiger partial charge in [-0.2, -0.15) is 26.7 Å². The van der Waals surface area contributed by atoms with Crippen LogP contribution in [0.1, 0.15) is 28.5 Å². The molecule has 0 N–H and O–H groups in total. The van der Waals surface area contributed by atoms with Gasteiger partial charge in [0.15, 0.2) is 5.69 Å². The van der Waals surface area contributed by atoms with E-state index in [1.807, 2.05) is 6.92 Å². The molecular weight excluding hydrogens is 575 g/mol. The Morgan fingerprint density at radius 1 is 1.05 bits per heavy atom. The maximum atomic E-state index is 13.5. The summed E-state index contributed by atoms with van der Waals surface area (Å²) < 4.78 is 82.4. The van der Waals surface area contributed by atoms with Gasteiger partial charge >= 0.3 is 12.1 Å². The highest BCUT2D eigenvalue weighted by atomic mass is 32.2. The molecule has 5 aromatic rings. The van der Waals surface area contributed by atoms with Gasteiger partial charge in [0, 0.05) is 17.7 Å². The van der Waals surface area contributed by atoms with Crippen LogP contribution in [0.5, 0.6) is 0 Å². The highest BCUT2D eigenvalue weighted by Gasteiger charge is 2.35. The highest BCUT2D eigenvalue weighted by molar-refractivity contribution is 7.90. The molecule has 216 valence electrons. The monoisotopic (exact) mass is 597 g/mol. The topological polar surface area (TPSA) is 122 Å². The van der Waals surface area contributed by atoms with Crippen molar-refractivity contribution >= 4 is 16.0 Å². The summed E-state index contributed by atoms with van der Waals surface area (Å²) in [6.45, 7) is 3.78. The van der Waals surface area contributed by atoms with E-state index in [2.05, 4.69) is 14.8 Å². The number of halogens is 3. The molecule has 0 aliphatic heterocycles. The van der Waals surface area contributed by atoms with Crippen molar-refractivity contribution in [2.24, 2.45) is 4.40 Å². The third-order valence-electron chi connectivity index (χ3n) is 6.03. The summed E-state index contributed by atoms with van der Waals surface area (Å²) in [5.41, 5.74) is 1.23. The zero-order chi connectivity index (χ0) is 30.1. The Bertz CT molecular complexity index is 1910. The Hall–Kier alpha value is -4.98. The summed E-state index contributed by atoms with van der Waals surface area (Å²) in [6, 6.07) is 19.1. The molecule has 0 aliphatic carbocycles. The average molecular weight is 598 g/mol. The van der Waals surface area contributed by atoms with Crippen molar-refractivity contribution in [2.75, 3.05) is 6.61 Å². The van der Waals surface area contributed by atoms with Crippen LogP contribution in [0.2, 0.25) is 0 Å². The van der Waals surface area contributed by atoms with Crippen LogP contribution in [0.3, 0.4) is 0 Å². The molecule has 0 aliphatic rings. The van der Waals surface area contributed by atoms with Gasteiger partial charge in [0.1, 0.15) is 0 Å². The Balaban J connectivity index is 1.42. The lowest BCUT2D eigenvalue weighted by Gasteiger charge is -2.09. The molecule has 0 radical (unpaired) electrons. The number of esters is 1. The summed E-state index contributed by atoms with van der Waals surface area (Å²) in [7, 11) is -4.28. The molecule has 0 saturated heterocycles. The van der Waals surface area contributed by atoms with E-state index in [1.165, 1.54) is 47.3 Å². The van der Waals surface area contributed by atoms with Crippen LogP contribution < -0.4 is 15.5 Å². The van der Waals surface area contributed by atoms with Gasteiger partial charge in [0.2, 0.25) is 11.9 Å². The fraction of sp³-hybridized carbons (Fsp3) is 0.143. The number of hydrogen-bond acceptors (Lipinski definition) is 6. The van der Waals surface area contributed by atoms with E-state index >= 15 is 0 Å². The number of alkyl halides is 3. The summed E-state index contributed by atoms with van der Waals surface area (Å²) >= 11 is 0. The summed E-state index contributed by atoms with van der Waals surface area (Å²) in [5, 5.41) is 7.49. The number of aryl methyl sites for hydroxylation is 1. The van der Waals surface area contributed by atoms with E-state index in [4.69, 9.17) is 9.26 Å². The number of carbonyl (C=O) groups is 1. The number of ether oxygens (including phenoxy) is 1. The zero-order valence-corrected chi connectivity index (χ0v) is 22.9. The normalized spacial score (nSPS) is 12.5. The van der Waals surface area contributed by atoms with E-state index in [0.29, 0.717) is 16.8 Å². The zero-order valence-electron chi connectivity index (χ0n) is 22.1. The lowest BCUT2D eigenvalue weighted by Crippen LogP contribution is -2.34. The minimum absolute atomic E-state index is 0.184. The first kappa shape index (κ1) is 28.5. The molecule has 2 aromatic heterocycles. The van der Waals surface area contributed by atoms with Gasteiger partial charge in [-0.1, -0.05) is 29.8 Å². The fourth-order valence-electron chi connectivity index (χ4n) is 3.94. The molecule has 0 amide bonds. The van der Waals surface area contributed by atoms with Gasteiger partial charge in [-0.05, 0) is 56.3 Å². The summed E-state index contributed by atoms with van der Waals surface area (Å²) in [4.78, 5) is 11.6. The lowest BCUT2D eigenvalue weighted by molar-refractivity contribution is -0.676. The number of aromatic nitrogens is 4. The van der Waals surface area contributed by atoms with Crippen molar-refractivity contribution in [2.45, 2.75) is 24.9 Å². The number of rotatable bonds is 7. The van der Waals surface area contributed by atoms with Crippen molar-refractivity contribution in [1.82, 2.24) is 15.1 Å². The van der Waals surface area contributed by atoms with Gasteiger partial charge < -0.3 is 9.26 Å². The molecule has 3 aromatic carbocycles. The maximum Gasteiger partial charge on any atom is 0.435 e. The molecule has 0 saturated carbocycles. The van der Waals surface area contributed by atoms with Gasteiger partial charge in [0.25, 0.3) is 15.6 Å². The number of benzene rings is 3. The third kappa shape index (κ3) is 6.02. The largest absolute Gasteiger partial charge is 0.486 e. The van der Waals surface area contributed by atoms with Gasteiger partial charge in [-0.15, -0.1) is 4.40 Å². The van der Waals surface area contributed by atoms with Gasteiger partial charge in [-0.25, -0.2) is 14.2 Å². The molecule has 0 spiro atoms. The van der Waals surface area contributed by atoms with Crippen LogP contribution in [0.15, 0.2) is 98.9 Å². The molecule has 10 nitrogen and oxygen atoms in total. The summed E-state index contributed by atoms with van der Waals surface area (Å²) in [5.74, 6) is -0.485. The number of sulfonamides is 1. The standard InChI is InChI=1S/C28H22F3N5O5S/c1-3-40-27(37)20-8-10-21(11-9-20)35-17-26(41-34-35)33-42(38,39)23-14-12-22(13-15-23)36-24(16-25(32-36)28(29,30)31)19-6-4-18(2)5-7-19/h4-17H,3H2,1-2H3. The smallest absolute Gasteiger partial charge is 0.435 e. The molecule has 0 bridgehead atoms. The molecule has 14 heteroatoms. The van der Waals surface area contributed by atoms with Gasteiger partial charge in [-0.3, -0.25) is 5.27 Å². The number of nitrogens with zero attached hydrogens (tertiary/aromatic N) is 5. The van der Waals surface area contributed by atoms with Crippen molar-refractivity contribution in [3.05, 3.63) is 107 Å². The molecule has 0 atom stereocenters. The Morgan fingerprint density at radius 3 is 2.33 bits per heavy atom. The van der Waals surface area contributed by atoms with Crippen LogP contribution in [-0.4, -0.2) is 30.8 Å². The number of hydrogen-bond donors (Lipinski definition) is 0. The lowest BCUT2D eigenvalue weighted by atomic mass is 10.1. The van der Waals surface area contributed by atoms with Gasteiger partial charge in [0.05, 0.1) is 28.4 Å². The number of carbonyl (C=O) groups excluding carboxylic acids is 1. The average Bonchev–Trinajstić information content (AvgIpc) is 3.62. The predicted molar refractivity (Wildman–Crippen MR) is 141 cm³/mol. The van der Waals surface area contributed by atoms with E-state index in [9.17, 15) is 26.4 Å². The van der Waals surface area contributed by atoms with Crippen molar-refractivity contribution in [3.8, 4) is 22.6 Å². The minimum Gasteiger partial charge on any atom is -0.486 e. The first-order chi connectivity index (χ1) is 19.9. The first-order valence-corrected chi connectivity index (χ1v) is 13.9. The van der Waals surface area contributed by atoms with E-state index in [0.717, 1.165) is 16.3 Å². The SMILES string of the molecule is CCOC(=O)c1ccc(-[n+]2cc(=NS(=O)(=O)c3ccc(-n4nc(C(F)(F)F)cc4-c4ccc(C)cc4)cc3)o[n-]2)cc1. The minimum atomic E-state index is -4.68. The van der Waals surface area contributed by atoms with Crippen LogP contribution >= 0.6 is 0 Å². The molecule has 5 rings (SSSR count). The third-order valence-corrected chi connectivity index (χ3v) is 7.32. The molecule has 0 fully saturated rings. The fourth-order valence-corrected chi connectivity index (χ4v) is 4.84. The van der Waals surface area contributed by atoms with E-state index in [-0.39, 0.29) is 28.4 Å². The highest BCUT2D eigenvalue weighted by Crippen LogP contribution is 2.33. The summed E-state index contributed by atoms with van der Waals surface area (Å²) in [6.07, 6.45) is -3.44. The molecule has 42 heavy (non-hydrogen) atoms. The van der Waals surface area contributed by atoms with Crippen LogP contribution in [0.25, 0.3) is 22.6 Å². The first-order valence-electron chi connectivity index (χ1n) is 12.4. The van der Waals surface area contributed by atoms with Crippen molar-refractivity contribution < 1.29 is 40.3 Å². The Kier molecular flexibility index (Phi) is 7.56. The maximum absolute atomic E-state index is 13.5. The molecule has 0 unspecified atom stereocenters. The van der Waals surface area contributed by atoms with Crippen molar-refractivity contribution in [3.63, 3.8) is 0 Å². The van der Waals surface area contributed by atoms with Crippen LogP contribution in [0.4, 0.5) is 13.2 Å². The second-order valence-electron chi connectivity index (χ2n) is 9.00. The Morgan fingerprint density at radius 2 is 1.71 bits per heavy atom. The van der Waals surface area contributed by atoms with E-state index < -0.39 is 27.9 Å². The van der Waals surface area contributed by atoms with E-state index in [1.54, 1.807) is 43.3 Å². The predicted octanol–water partition coefficient (Wildman–Crippen LogP) is 4.16. The van der Waals surface area contributed by atoms with Crippen LogP contribution in [-0.2, 0) is 20.9 Å². The second-order valence-corrected chi connectivity index (χ2v) is 10.6. The van der Waals surface area contributed by atoms with Crippen LogP contribution in [0, 0.1) is 6.92 Å². The van der Waals surface area contributed by atoms with Crippen molar-refractivity contribution in [1.29, 1.82) is 0 Å². The second kappa shape index (κ2) is 11.1. The quantitative estimate of drug-likeness (QED) is 0.204. The molecular formula is C28H22F3N5O5S. The Labute approximate surface area is 237 Å². The molecule has 2 heterocycles.